The molecule has 14 heteroatoms. The minimum Gasteiger partial charge on any atom is -0.473 e. The van der Waals surface area contributed by atoms with E-state index in [1.165, 1.54) is 12.1 Å². The van der Waals surface area contributed by atoms with Crippen LogP contribution in [0.2, 0.25) is 5.02 Å². The fourth-order valence-corrected chi connectivity index (χ4v) is 6.80. The Labute approximate surface area is 295 Å². The molecule has 51 heavy (non-hydrogen) atoms. The maximum absolute atomic E-state index is 14.7. The third kappa shape index (κ3) is 7.09. The number of hydrogen-bond acceptors (Lipinski definition) is 7. The number of ether oxygens (including phenoxy) is 2. The van der Waals surface area contributed by atoms with Gasteiger partial charge >= 0.3 is 6.03 Å². The van der Waals surface area contributed by atoms with E-state index in [-0.39, 0.29) is 35.0 Å². The number of fused-ring (bicyclic) bond motifs is 2. The van der Waals surface area contributed by atoms with Crippen molar-refractivity contribution in [3.05, 3.63) is 117 Å². The normalized spacial score (nSPS) is 17.5. The summed E-state index contributed by atoms with van der Waals surface area (Å²) in [5, 5.41) is 3.27. The van der Waals surface area contributed by atoms with Gasteiger partial charge in [-0.15, -0.1) is 0 Å². The summed E-state index contributed by atoms with van der Waals surface area (Å²) in [6.45, 7) is 3.73. The predicted molar refractivity (Wildman–Crippen MR) is 183 cm³/mol. The molecule has 0 bridgehead atoms. The summed E-state index contributed by atoms with van der Waals surface area (Å²) >= 11 is 5.87. The van der Waals surface area contributed by atoms with Crippen molar-refractivity contribution in [2.75, 3.05) is 25.0 Å². The zero-order chi connectivity index (χ0) is 35.1. The van der Waals surface area contributed by atoms with Crippen LogP contribution >= 0.6 is 11.6 Å². The van der Waals surface area contributed by atoms with Crippen molar-refractivity contribution in [2.45, 2.75) is 51.0 Å². The second-order valence-electron chi connectivity index (χ2n) is 12.9. The number of nitrogens with zero attached hydrogens (tertiary/aromatic N) is 6. The third-order valence-electron chi connectivity index (χ3n) is 9.52. The van der Waals surface area contributed by atoms with Gasteiger partial charge in [0.1, 0.15) is 24.1 Å². The maximum atomic E-state index is 14.7. The van der Waals surface area contributed by atoms with E-state index in [0.29, 0.717) is 40.6 Å². The highest BCUT2D eigenvalue weighted by Gasteiger charge is 2.26. The van der Waals surface area contributed by atoms with Crippen molar-refractivity contribution in [1.29, 1.82) is 0 Å². The van der Waals surface area contributed by atoms with E-state index in [1.807, 2.05) is 18.2 Å². The molecule has 3 aromatic carbocycles. The summed E-state index contributed by atoms with van der Waals surface area (Å²) in [7, 11) is 0. The van der Waals surface area contributed by atoms with Crippen molar-refractivity contribution < 1.29 is 27.8 Å². The second kappa shape index (κ2) is 13.9. The van der Waals surface area contributed by atoms with Gasteiger partial charge in [-0.2, -0.15) is 9.98 Å². The number of carbonyl (C=O) groups excluding carboxylic acids is 2. The molecule has 2 saturated heterocycles. The monoisotopic (exact) mass is 711 g/mol. The number of urea groups is 1. The first-order chi connectivity index (χ1) is 24.8. The van der Waals surface area contributed by atoms with Crippen LogP contribution in [0.1, 0.15) is 52.6 Å². The van der Waals surface area contributed by atoms with Gasteiger partial charge in [-0.05, 0) is 74.8 Å². The molecule has 3 aliphatic rings. The van der Waals surface area contributed by atoms with Crippen molar-refractivity contribution in [1.82, 2.24) is 19.4 Å². The Morgan fingerprint density at radius 2 is 1.76 bits per heavy atom. The van der Waals surface area contributed by atoms with Gasteiger partial charge in [0.2, 0.25) is 5.88 Å². The molecule has 5 heterocycles. The van der Waals surface area contributed by atoms with Crippen LogP contribution < -0.4 is 20.8 Å². The molecule has 3 aliphatic heterocycles. The summed E-state index contributed by atoms with van der Waals surface area (Å²) in [6.07, 6.45) is 2.85. The number of imidazole rings is 1. The van der Waals surface area contributed by atoms with E-state index < -0.39 is 23.6 Å². The largest absolute Gasteiger partial charge is 0.473 e. The van der Waals surface area contributed by atoms with Gasteiger partial charge in [0, 0.05) is 46.5 Å². The Balaban J connectivity index is 0.947. The molecule has 3 amide bonds. The van der Waals surface area contributed by atoms with Crippen molar-refractivity contribution >= 4 is 40.3 Å². The van der Waals surface area contributed by atoms with Gasteiger partial charge < -0.3 is 19.4 Å². The molecule has 0 radical (unpaired) electrons. The number of halogens is 3. The highest BCUT2D eigenvalue weighted by atomic mass is 35.5. The first-order valence-electron chi connectivity index (χ1n) is 16.7. The van der Waals surface area contributed by atoms with Gasteiger partial charge in [0.05, 0.1) is 46.6 Å². The van der Waals surface area contributed by atoms with Gasteiger partial charge in [0.25, 0.3) is 5.91 Å². The molecule has 260 valence electrons. The van der Waals surface area contributed by atoms with Crippen LogP contribution in [0.15, 0.2) is 76.7 Å². The van der Waals surface area contributed by atoms with E-state index >= 15 is 0 Å². The number of anilines is 1. The molecular weight excluding hydrogens is 680 g/mol. The van der Waals surface area contributed by atoms with E-state index in [2.05, 4.69) is 24.8 Å². The fourth-order valence-electron chi connectivity index (χ4n) is 6.65. The molecule has 2 fully saturated rings. The first-order valence-corrected chi connectivity index (χ1v) is 17.1. The smallest absolute Gasteiger partial charge is 0.368 e. The first kappa shape index (κ1) is 33.1. The molecular formula is C37H32ClF2N7O4. The van der Waals surface area contributed by atoms with E-state index in [4.69, 9.17) is 31.0 Å². The van der Waals surface area contributed by atoms with Crippen LogP contribution in [0, 0.1) is 11.6 Å². The van der Waals surface area contributed by atoms with Gasteiger partial charge in [-0.25, -0.2) is 23.5 Å². The Morgan fingerprint density at radius 3 is 2.53 bits per heavy atom. The molecule has 0 aliphatic carbocycles. The average molecular weight is 712 g/mol. The quantitative estimate of drug-likeness (QED) is 0.196. The van der Waals surface area contributed by atoms with Crippen molar-refractivity contribution in [2.24, 2.45) is 9.98 Å². The van der Waals surface area contributed by atoms with E-state index in [0.717, 1.165) is 62.1 Å². The molecule has 0 saturated carbocycles. The number of carbonyl (C=O) groups is 2. The van der Waals surface area contributed by atoms with Crippen LogP contribution in [-0.4, -0.2) is 57.2 Å². The molecule has 11 nitrogen and oxygen atoms in total. The summed E-state index contributed by atoms with van der Waals surface area (Å²) in [4.78, 5) is 44.2. The lowest BCUT2D eigenvalue weighted by Gasteiger charge is -2.32. The Hall–Kier alpha value is -5.11. The van der Waals surface area contributed by atoms with Gasteiger partial charge in [-0.1, -0.05) is 23.7 Å². The summed E-state index contributed by atoms with van der Waals surface area (Å²) in [5.41, 5.74) is 3.12. The highest BCUT2D eigenvalue weighted by molar-refractivity contribution is 6.30. The Morgan fingerprint density at radius 1 is 0.961 bits per heavy atom. The number of rotatable bonds is 10. The second-order valence-corrected chi connectivity index (χ2v) is 13.3. The van der Waals surface area contributed by atoms with Crippen molar-refractivity contribution in [3.63, 3.8) is 0 Å². The van der Waals surface area contributed by atoms with Crippen LogP contribution in [0.3, 0.4) is 0 Å². The number of benzene rings is 3. The summed E-state index contributed by atoms with van der Waals surface area (Å²) in [5.74, 6) is -0.0707. The van der Waals surface area contributed by atoms with Gasteiger partial charge in [0.15, 0.2) is 0 Å². The zero-order valence-electron chi connectivity index (χ0n) is 27.3. The highest BCUT2D eigenvalue weighted by Crippen LogP contribution is 2.30. The molecule has 5 aromatic rings. The lowest BCUT2D eigenvalue weighted by molar-refractivity contribution is -0.0592. The molecule has 0 spiro atoms. The van der Waals surface area contributed by atoms with Crippen LogP contribution in [0.5, 0.6) is 5.88 Å². The summed E-state index contributed by atoms with van der Waals surface area (Å²) < 4.78 is 42.7. The Kier molecular flexibility index (Phi) is 9.01. The minimum absolute atomic E-state index is 0.0563. The number of amides is 3. The van der Waals surface area contributed by atoms with E-state index in [1.54, 1.807) is 30.3 Å². The maximum Gasteiger partial charge on any atom is 0.368 e. The lowest BCUT2D eigenvalue weighted by atomic mass is 9.93. The summed E-state index contributed by atoms with van der Waals surface area (Å²) in [6, 6.07) is 17.1. The number of likely N-dealkylation sites (tertiary alicyclic amines) is 1. The zero-order valence-corrected chi connectivity index (χ0v) is 28.1. The third-order valence-corrected chi connectivity index (χ3v) is 9.76. The number of pyridine rings is 1. The minimum atomic E-state index is -0.713. The lowest BCUT2D eigenvalue weighted by Crippen LogP contribution is -2.35. The average Bonchev–Trinajstić information content (AvgIpc) is 3.63. The number of aromatic nitrogens is 3. The predicted octanol–water partition coefficient (Wildman–Crippen LogP) is 5.74. The standard InChI is InChI=1S/C37H32ClF2N7O4/c38-24-6-4-23(26(39)15-24)20-51-35-3-1-2-28(42-35)21-8-11-46(12-9-21)19-34-41-32-14-22(5-7-33(32)47(34)18-25-10-13-50-25)36(48)43-29-17-31-30(16-27(29)40)44-37(49)45-31/h1-7,14-17,21,25H,8-13,18-20H2,(H,43,48)/t25-/m0/s1. The molecule has 2 aromatic heterocycles. The van der Waals surface area contributed by atoms with Crippen LogP contribution in [0.25, 0.3) is 11.0 Å². The topological polar surface area (TPSA) is 123 Å². The molecule has 8 rings (SSSR count). The Bertz CT molecular complexity index is 2300. The van der Waals surface area contributed by atoms with Crippen LogP contribution in [-0.2, 0) is 24.4 Å². The van der Waals surface area contributed by atoms with E-state index in [9.17, 15) is 18.4 Å². The van der Waals surface area contributed by atoms with Crippen LogP contribution in [0.4, 0.5) is 19.3 Å². The number of nitrogens with one attached hydrogen (secondary N) is 1. The van der Waals surface area contributed by atoms with Gasteiger partial charge in [-0.3, -0.25) is 9.69 Å². The van der Waals surface area contributed by atoms with Crippen molar-refractivity contribution in [3.8, 4) is 5.88 Å². The fraction of sp³-hybridized carbons (Fsp3) is 0.297. The number of hydrogen-bond donors (Lipinski definition) is 1. The SMILES string of the molecule is O=C1N=c2cc(F)c(NC(=O)c3ccc4c(c3)nc(CN3CCC(c5cccc(OCc6ccc(Cl)cc6F)n5)CC3)n4C[C@@H]3CCO3)cc2=N1. The molecule has 0 unspecified atom stereocenters. The molecule has 1 atom stereocenters. The molecule has 1 N–H and O–H groups in total. The number of piperidine rings is 1.